The molecule has 178 valence electrons. The van der Waals surface area contributed by atoms with Crippen LogP contribution in [-0.4, -0.2) is 35.0 Å². The standard InChI is InChI=1S/C25H21IN4O5/c1-2-34-21-13-16(14-27-30-24(32)18-10-6-7-11-20(18)29-25(30)33)12-19(26)23(21)35-15-22(31)28-17-8-4-3-5-9-17/h3-14H,2,15H2,1H3,(H,28,31)(H,29,33). The highest BCUT2D eigenvalue weighted by Crippen LogP contribution is 2.34. The molecular formula is C25H21IN4O5. The van der Waals surface area contributed by atoms with Crippen molar-refractivity contribution in [3.63, 3.8) is 0 Å². The molecule has 9 nitrogen and oxygen atoms in total. The van der Waals surface area contributed by atoms with Crippen LogP contribution in [0.3, 0.4) is 0 Å². The predicted molar refractivity (Wildman–Crippen MR) is 143 cm³/mol. The molecule has 1 amide bonds. The highest BCUT2D eigenvalue weighted by atomic mass is 127. The largest absolute Gasteiger partial charge is 0.490 e. The number of carbonyl (C=O) groups is 1. The summed E-state index contributed by atoms with van der Waals surface area (Å²) in [7, 11) is 0. The van der Waals surface area contributed by atoms with Crippen molar-refractivity contribution in [3.8, 4) is 11.5 Å². The molecule has 10 heteroatoms. The molecule has 0 saturated carbocycles. The molecule has 3 aromatic carbocycles. The summed E-state index contributed by atoms with van der Waals surface area (Å²) in [6, 6.07) is 19.2. The normalized spacial score (nSPS) is 11.0. The van der Waals surface area contributed by atoms with Gasteiger partial charge in [0.1, 0.15) is 0 Å². The summed E-state index contributed by atoms with van der Waals surface area (Å²) in [6.07, 6.45) is 1.39. The van der Waals surface area contributed by atoms with Crippen molar-refractivity contribution in [1.82, 2.24) is 9.66 Å². The number of fused-ring (bicyclic) bond motifs is 1. The van der Waals surface area contributed by atoms with Crippen LogP contribution >= 0.6 is 22.6 Å². The number of benzene rings is 3. The van der Waals surface area contributed by atoms with Gasteiger partial charge in [-0.05, 0) is 71.5 Å². The van der Waals surface area contributed by atoms with Crippen molar-refractivity contribution in [3.05, 3.63) is 96.7 Å². The van der Waals surface area contributed by atoms with Crippen LogP contribution in [0.2, 0.25) is 0 Å². The first-order chi connectivity index (χ1) is 17.0. The van der Waals surface area contributed by atoms with Crippen LogP contribution in [0.1, 0.15) is 12.5 Å². The van der Waals surface area contributed by atoms with E-state index in [1.807, 2.05) is 25.1 Å². The fourth-order valence-electron chi connectivity index (χ4n) is 3.30. The van der Waals surface area contributed by atoms with Crippen LogP contribution in [0.5, 0.6) is 11.5 Å². The average molecular weight is 584 g/mol. The number of halogens is 1. The molecule has 0 aliphatic carbocycles. The van der Waals surface area contributed by atoms with Gasteiger partial charge in [0.15, 0.2) is 18.1 Å². The summed E-state index contributed by atoms with van der Waals surface area (Å²) in [4.78, 5) is 40.0. The number of amides is 1. The molecule has 0 radical (unpaired) electrons. The number of nitrogens with zero attached hydrogens (tertiary/aromatic N) is 2. The number of anilines is 1. The van der Waals surface area contributed by atoms with Crippen LogP contribution < -0.4 is 26.0 Å². The van der Waals surface area contributed by atoms with Crippen LogP contribution in [0.25, 0.3) is 10.9 Å². The number of H-pyrrole nitrogens is 1. The van der Waals surface area contributed by atoms with Crippen LogP contribution in [-0.2, 0) is 4.79 Å². The molecule has 4 aromatic rings. The first kappa shape index (κ1) is 24.2. The Labute approximate surface area is 213 Å². The zero-order valence-electron chi connectivity index (χ0n) is 18.7. The molecule has 0 aliphatic heterocycles. The fourth-order valence-corrected chi connectivity index (χ4v) is 4.09. The number of hydrogen-bond acceptors (Lipinski definition) is 6. The summed E-state index contributed by atoms with van der Waals surface area (Å²) >= 11 is 2.07. The quantitative estimate of drug-likeness (QED) is 0.243. The SMILES string of the molecule is CCOc1cc(C=Nn2c(=O)[nH]c3ccccc3c2=O)cc(I)c1OCC(=O)Nc1ccccc1. The molecule has 1 heterocycles. The third-order valence-electron chi connectivity index (χ3n) is 4.84. The lowest BCUT2D eigenvalue weighted by Crippen LogP contribution is -2.32. The number of rotatable bonds is 8. The molecule has 2 N–H and O–H groups in total. The van der Waals surface area contributed by atoms with Gasteiger partial charge in [0.05, 0.1) is 27.3 Å². The van der Waals surface area contributed by atoms with Gasteiger partial charge in [-0.15, -0.1) is 4.68 Å². The lowest BCUT2D eigenvalue weighted by atomic mass is 10.2. The Morgan fingerprint density at radius 1 is 1.09 bits per heavy atom. The van der Waals surface area contributed by atoms with E-state index in [-0.39, 0.29) is 12.5 Å². The lowest BCUT2D eigenvalue weighted by molar-refractivity contribution is -0.118. The topological polar surface area (TPSA) is 115 Å². The summed E-state index contributed by atoms with van der Waals surface area (Å²) in [6.45, 7) is 1.99. The van der Waals surface area contributed by atoms with Crippen LogP contribution in [0, 0.1) is 3.57 Å². The predicted octanol–water partition coefficient (Wildman–Crippen LogP) is 3.59. The lowest BCUT2D eigenvalue weighted by Gasteiger charge is -2.14. The van der Waals surface area contributed by atoms with Crippen LogP contribution in [0.15, 0.2) is 81.4 Å². The number of para-hydroxylation sites is 2. The van der Waals surface area contributed by atoms with E-state index in [4.69, 9.17) is 9.47 Å². The van der Waals surface area contributed by atoms with Gasteiger partial charge in [0.25, 0.3) is 11.5 Å². The van der Waals surface area contributed by atoms with E-state index in [0.717, 1.165) is 4.68 Å². The van der Waals surface area contributed by atoms with Gasteiger partial charge < -0.3 is 19.8 Å². The summed E-state index contributed by atoms with van der Waals surface area (Å²) < 4.78 is 12.9. The molecule has 0 atom stereocenters. The van der Waals surface area contributed by atoms with E-state index >= 15 is 0 Å². The van der Waals surface area contributed by atoms with Gasteiger partial charge >= 0.3 is 5.69 Å². The third kappa shape index (κ3) is 5.77. The Kier molecular flexibility index (Phi) is 7.60. The zero-order valence-corrected chi connectivity index (χ0v) is 20.8. The minimum absolute atomic E-state index is 0.208. The molecule has 0 bridgehead atoms. The molecule has 35 heavy (non-hydrogen) atoms. The number of nitrogens with one attached hydrogen (secondary N) is 2. The molecule has 0 unspecified atom stereocenters. The van der Waals surface area contributed by atoms with Gasteiger partial charge in [-0.25, -0.2) is 4.79 Å². The molecule has 4 rings (SSSR count). The van der Waals surface area contributed by atoms with Crippen molar-refractivity contribution in [2.24, 2.45) is 5.10 Å². The van der Waals surface area contributed by atoms with E-state index in [0.29, 0.717) is 43.8 Å². The Morgan fingerprint density at radius 3 is 2.60 bits per heavy atom. The Hall–Kier alpha value is -3.93. The minimum Gasteiger partial charge on any atom is -0.490 e. The molecule has 0 aliphatic rings. The molecule has 0 saturated heterocycles. The maximum absolute atomic E-state index is 12.7. The number of ether oxygens (including phenoxy) is 2. The summed E-state index contributed by atoms with van der Waals surface area (Å²) in [5, 5.41) is 7.21. The summed E-state index contributed by atoms with van der Waals surface area (Å²) in [5.74, 6) is 0.511. The Bertz CT molecular complexity index is 1510. The third-order valence-corrected chi connectivity index (χ3v) is 5.64. The molecule has 1 aromatic heterocycles. The van der Waals surface area contributed by atoms with Gasteiger partial charge in [0.2, 0.25) is 0 Å². The molecule has 0 fully saturated rings. The van der Waals surface area contributed by atoms with E-state index in [9.17, 15) is 14.4 Å². The maximum atomic E-state index is 12.7. The van der Waals surface area contributed by atoms with E-state index in [1.165, 1.54) is 6.21 Å². The molecular weight excluding hydrogens is 563 g/mol. The van der Waals surface area contributed by atoms with Crippen LogP contribution in [0.4, 0.5) is 5.69 Å². The molecule has 0 spiro atoms. The van der Waals surface area contributed by atoms with Gasteiger partial charge in [-0.2, -0.15) is 5.10 Å². The fraction of sp³-hybridized carbons (Fsp3) is 0.120. The zero-order chi connectivity index (χ0) is 24.8. The average Bonchev–Trinajstić information content (AvgIpc) is 2.84. The number of aromatic nitrogens is 2. The summed E-state index contributed by atoms with van der Waals surface area (Å²) in [5.41, 5.74) is 0.531. The second kappa shape index (κ2) is 11.0. The second-order valence-electron chi connectivity index (χ2n) is 7.30. The first-order valence-electron chi connectivity index (χ1n) is 10.7. The van der Waals surface area contributed by atoms with Crippen molar-refractivity contribution in [2.45, 2.75) is 6.92 Å². The van der Waals surface area contributed by atoms with Crippen molar-refractivity contribution in [2.75, 3.05) is 18.5 Å². The number of carbonyl (C=O) groups excluding carboxylic acids is 1. The smallest absolute Gasteiger partial charge is 0.349 e. The van der Waals surface area contributed by atoms with Crippen molar-refractivity contribution >= 4 is 51.3 Å². The second-order valence-corrected chi connectivity index (χ2v) is 8.47. The van der Waals surface area contributed by atoms with Gasteiger partial charge in [0, 0.05) is 5.69 Å². The number of aromatic amines is 1. The highest BCUT2D eigenvalue weighted by molar-refractivity contribution is 14.1. The first-order valence-corrected chi connectivity index (χ1v) is 11.8. The highest BCUT2D eigenvalue weighted by Gasteiger charge is 2.14. The van der Waals surface area contributed by atoms with E-state index < -0.39 is 11.2 Å². The maximum Gasteiger partial charge on any atom is 0.349 e. The number of hydrogen-bond donors (Lipinski definition) is 2. The monoisotopic (exact) mass is 584 g/mol. The van der Waals surface area contributed by atoms with Crippen molar-refractivity contribution < 1.29 is 14.3 Å². The van der Waals surface area contributed by atoms with Crippen molar-refractivity contribution in [1.29, 1.82) is 0 Å². The Balaban J connectivity index is 1.57. The van der Waals surface area contributed by atoms with Gasteiger partial charge in [-0.3, -0.25) is 9.59 Å². The Morgan fingerprint density at radius 2 is 1.83 bits per heavy atom. The van der Waals surface area contributed by atoms with Gasteiger partial charge in [-0.1, -0.05) is 30.3 Å². The minimum atomic E-state index is -0.644. The van der Waals surface area contributed by atoms with E-state index in [2.05, 4.69) is 38.0 Å². The van der Waals surface area contributed by atoms with E-state index in [1.54, 1.807) is 48.5 Å².